The van der Waals surface area contributed by atoms with Crippen LogP contribution in [0, 0.1) is 0 Å². The van der Waals surface area contributed by atoms with Crippen molar-refractivity contribution in [1.29, 1.82) is 0 Å². The van der Waals surface area contributed by atoms with Crippen molar-refractivity contribution in [2.24, 2.45) is 5.73 Å². The Kier molecular flexibility index (Phi) is 7.51. The van der Waals surface area contributed by atoms with Crippen molar-refractivity contribution in [2.75, 3.05) is 13.6 Å². The second-order valence-electron chi connectivity index (χ2n) is 5.91. The van der Waals surface area contributed by atoms with Crippen LogP contribution in [0.1, 0.15) is 26.7 Å². The molecule has 0 fully saturated rings. The highest BCUT2D eigenvalue weighted by atomic mass is 35.5. The number of aryl methyl sites for hydroxylation is 2. The highest BCUT2D eigenvalue weighted by Crippen LogP contribution is 2.14. The number of nitrogens with zero attached hydrogens (tertiary/aromatic N) is 3. The first kappa shape index (κ1) is 20.3. The third-order valence-electron chi connectivity index (χ3n) is 4.32. The van der Waals surface area contributed by atoms with Crippen molar-refractivity contribution in [3.8, 4) is 0 Å². The van der Waals surface area contributed by atoms with Crippen molar-refractivity contribution in [3.63, 3.8) is 0 Å². The lowest BCUT2D eigenvalue weighted by molar-refractivity contribution is -0.131. The number of hydrogen-bond donors (Lipinski definition) is 1. The normalized spacial score (nSPS) is 12.0. The van der Waals surface area contributed by atoms with Crippen LogP contribution >= 0.6 is 12.4 Å². The molecule has 2 N–H and O–H groups in total. The molecular formula is C17H27ClN4O2. The first-order chi connectivity index (χ1) is 11.0. The third-order valence-corrected chi connectivity index (χ3v) is 4.32. The van der Waals surface area contributed by atoms with E-state index in [2.05, 4.69) is 0 Å². The Labute approximate surface area is 148 Å². The molecule has 0 radical (unpaired) electrons. The fourth-order valence-corrected chi connectivity index (χ4v) is 2.72. The van der Waals surface area contributed by atoms with Gasteiger partial charge in [-0.25, -0.2) is 4.79 Å². The SMILES string of the molecule is CCCn1c(=O)n(CCC(=O)N(C)C(C)CN)c2ccccc21.Cl. The molecule has 0 aliphatic rings. The summed E-state index contributed by atoms with van der Waals surface area (Å²) in [5.74, 6) is 0.00201. The number of halogens is 1. The van der Waals surface area contributed by atoms with Crippen molar-refractivity contribution in [3.05, 3.63) is 34.7 Å². The van der Waals surface area contributed by atoms with Gasteiger partial charge in [0.05, 0.1) is 11.0 Å². The van der Waals surface area contributed by atoms with Gasteiger partial charge in [-0.05, 0) is 25.5 Å². The topological polar surface area (TPSA) is 73.3 Å². The molecule has 0 aliphatic heterocycles. The molecule has 0 bridgehead atoms. The van der Waals surface area contributed by atoms with E-state index in [0.717, 1.165) is 17.5 Å². The number of aromatic nitrogens is 2. The Balaban J connectivity index is 0.00000288. The summed E-state index contributed by atoms with van der Waals surface area (Å²) in [5.41, 5.74) is 7.36. The Morgan fingerprint density at radius 3 is 2.25 bits per heavy atom. The molecule has 1 amide bonds. The van der Waals surface area contributed by atoms with Gasteiger partial charge in [-0.3, -0.25) is 13.9 Å². The minimum Gasteiger partial charge on any atom is -0.342 e. The number of nitrogens with two attached hydrogens (primary N) is 1. The van der Waals surface area contributed by atoms with Crippen LogP contribution < -0.4 is 11.4 Å². The van der Waals surface area contributed by atoms with E-state index < -0.39 is 0 Å². The monoisotopic (exact) mass is 354 g/mol. The summed E-state index contributed by atoms with van der Waals surface area (Å²) in [5, 5.41) is 0. The van der Waals surface area contributed by atoms with E-state index in [-0.39, 0.29) is 30.0 Å². The second-order valence-corrected chi connectivity index (χ2v) is 5.91. The molecule has 0 saturated carbocycles. The van der Waals surface area contributed by atoms with E-state index in [9.17, 15) is 9.59 Å². The van der Waals surface area contributed by atoms with Crippen LogP contribution in [0.15, 0.2) is 29.1 Å². The number of para-hydroxylation sites is 2. The molecule has 1 unspecified atom stereocenters. The lowest BCUT2D eigenvalue weighted by Crippen LogP contribution is -2.40. The molecular weight excluding hydrogens is 328 g/mol. The number of carbonyl (C=O) groups excluding carboxylic acids is 1. The van der Waals surface area contributed by atoms with E-state index in [1.807, 2.05) is 38.1 Å². The molecule has 0 spiro atoms. The maximum Gasteiger partial charge on any atom is 0.329 e. The molecule has 2 aromatic rings. The Morgan fingerprint density at radius 2 is 1.75 bits per heavy atom. The van der Waals surface area contributed by atoms with Gasteiger partial charge in [-0.15, -0.1) is 12.4 Å². The average molecular weight is 355 g/mol. The highest BCUT2D eigenvalue weighted by Gasteiger charge is 2.17. The summed E-state index contributed by atoms with van der Waals surface area (Å²) in [7, 11) is 1.75. The van der Waals surface area contributed by atoms with E-state index in [1.54, 1.807) is 21.1 Å². The van der Waals surface area contributed by atoms with Gasteiger partial charge < -0.3 is 10.6 Å². The van der Waals surface area contributed by atoms with Crippen LogP contribution in [0.3, 0.4) is 0 Å². The van der Waals surface area contributed by atoms with Crippen LogP contribution in [0.5, 0.6) is 0 Å². The first-order valence-corrected chi connectivity index (χ1v) is 8.15. The minimum absolute atomic E-state index is 0. The smallest absolute Gasteiger partial charge is 0.329 e. The first-order valence-electron chi connectivity index (χ1n) is 8.15. The molecule has 24 heavy (non-hydrogen) atoms. The third kappa shape index (κ3) is 3.99. The molecule has 1 heterocycles. The summed E-state index contributed by atoms with van der Waals surface area (Å²) >= 11 is 0. The maximum atomic E-state index is 12.6. The Hall–Kier alpha value is -1.79. The fraction of sp³-hybridized carbons (Fsp3) is 0.529. The Morgan fingerprint density at radius 1 is 1.21 bits per heavy atom. The quantitative estimate of drug-likeness (QED) is 0.824. The predicted octanol–water partition coefficient (Wildman–Crippen LogP) is 1.83. The van der Waals surface area contributed by atoms with Crippen molar-refractivity contribution >= 4 is 29.3 Å². The molecule has 0 saturated heterocycles. The number of hydrogen-bond acceptors (Lipinski definition) is 3. The van der Waals surface area contributed by atoms with Gasteiger partial charge in [0.2, 0.25) is 5.91 Å². The van der Waals surface area contributed by atoms with Crippen LogP contribution in [-0.2, 0) is 17.9 Å². The lowest BCUT2D eigenvalue weighted by atomic mass is 10.2. The number of imidazole rings is 1. The molecule has 1 aromatic heterocycles. The molecule has 7 heteroatoms. The molecule has 134 valence electrons. The van der Waals surface area contributed by atoms with Crippen molar-refractivity contribution < 1.29 is 4.79 Å². The number of amides is 1. The minimum atomic E-state index is -0.0459. The average Bonchev–Trinajstić information content (AvgIpc) is 2.83. The number of likely N-dealkylation sites (N-methyl/N-ethyl adjacent to an activating group) is 1. The largest absolute Gasteiger partial charge is 0.342 e. The number of rotatable bonds is 7. The van der Waals surface area contributed by atoms with E-state index in [4.69, 9.17) is 5.73 Å². The summed E-state index contributed by atoms with van der Waals surface area (Å²) in [6.45, 7) is 5.46. The number of carbonyl (C=O) groups is 1. The highest BCUT2D eigenvalue weighted by molar-refractivity contribution is 5.85. The van der Waals surface area contributed by atoms with Crippen LogP contribution in [0.2, 0.25) is 0 Å². The predicted molar refractivity (Wildman–Crippen MR) is 99.6 cm³/mol. The van der Waals surface area contributed by atoms with Crippen LogP contribution in [-0.4, -0.2) is 39.6 Å². The van der Waals surface area contributed by atoms with Crippen molar-refractivity contribution in [1.82, 2.24) is 14.0 Å². The summed E-state index contributed by atoms with van der Waals surface area (Å²) in [6.07, 6.45) is 1.18. The van der Waals surface area contributed by atoms with Gasteiger partial charge in [-0.2, -0.15) is 0 Å². The molecule has 1 aromatic carbocycles. The van der Waals surface area contributed by atoms with Crippen LogP contribution in [0.4, 0.5) is 0 Å². The standard InChI is InChI=1S/C17H26N4O2.ClH/c1-4-10-20-14-7-5-6-8-15(14)21(17(20)23)11-9-16(22)19(3)13(2)12-18;/h5-8,13H,4,9-12,18H2,1-3H3;1H. The zero-order valence-electron chi connectivity index (χ0n) is 14.6. The van der Waals surface area contributed by atoms with Gasteiger partial charge in [0.15, 0.2) is 0 Å². The molecule has 0 aliphatic carbocycles. The van der Waals surface area contributed by atoms with Gasteiger partial charge in [0.1, 0.15) is 0 Å². The van der Waals surface area contributed by atoms with Gasteiger partial charge in [0.25, 0.3) is 0 Å². The molecule has 6 nitrogen and oxygen atoms in total. The van der Waals surface area contributed by atoms with Crippen molar-refractivity contribution in [2.45, 2.75) is 45.8 Å². The number of fused-ring (bicyclic) bond motifs is 1. The van der Waals surface area contributed by atoms with Gasteiger partial charge in [0, 0.05) is 39.1 Å². The molecule has 1 atom stereocenters. The zero-order valence-corrected chi connectivity index (χ0v) is 15.4. The Bertz CT molecular complexity index is 738. The van der Waals surface area contributed by atoms with E-state index >= 15 is 0 Å². The van der Waals surface area contributed by atoms with Crippen LogP contribution in [0.25, 0.3) is 11.0 Å². The van der Waals surface area contributed by atoms with E-state index in [0.29, 0.717) is 26.1 Å². The lowest BCUT2D eigenvalue weighted by Gasteiger charge is -2.23. The zero-order chi connectivity index (χ0) is 17.0. The summed E-state index contributed by atoms with van der Waals surface area (Å²) in [6, 6.07) is 7.73. The molecule has 2 rings (SSSR count). The summed E-state index contributed by atoms with van der Waals surface area (Å²) in [4.78, 5) is 26.5. The maximum absolute atomic E-state index is 12.6. The summed E-state index contributed by atoms with van der Waals surface area (Å²) < 4.78 is 3.48. The van der Waals surface area contributed by atoms with Gasteiger partial charge >= 0.3 is 5.69 Å². The van der Waals surface area contributed by atoms with E-state index in [1.165, 1.54) is 0 Å². The second kappa shape index (κ2) is 8.89. The fourth-order valence-electron chi connectivity index (χ4n) is 2.72. The number of benzene rings is 1. The van der Waals surface area contributed by atoms with Gasteiger partial charge in [-0.1, -0.05) is 19.1 Å².